The van der Waals surface area contributed by atoms with Crippen LogP contribution in [0.4, 0.5) is 5.69 Å². The molecule has 3 nitrogen and oxygen atoms in total. The van der Waals surface area contributed by atoms with E-state index in [-0.39, 0.29) is 0 Å². The Bertz CT molecular complexity index is 369. The molecular formula is C13H20ClNO2. The number of hydrogen-bond donors (Lipinski definition) is 1. The minimum Gasteiger partial charge on any atom is -0.493 e. The monoisotopic (exact) mass is 257 g/mol. The highest BCUT2D eigenvalue weighted by molar-refractivity contribution is 6.33. The average molecular weight is 258 g/mol. The highest BCUT2D eigenvalue weighted by Gasteiger charge is 2.11. The Morgan fingerprint density at radius 2 is 1.82 bits per heavy atom. The smallest absolute Gasteiger partial charge is 0.162 e. The quantitative estimate of drug-likeness (QED) is 0.837. The molecule has 0 saturated carbocycles. The summed E-state index contributed by atoms with van der Waals surface area (Å²) in [6.07, 6.45) is 2.24. The van der Waals surface area contributed by atoms with Gasteiger partial charge in [-0.2, -0.15) is 0 Å². The van der Waals surface area contributed by atoms with Crippen molar-refractivity contribution in [2.24, 2.45) is 0 Å². The van der Waals surface area contributed by atoms with Crippen molar-refractivity contribution in [3.63, 3.8) is 0 Å². The number of benzene rings is 1. The molecule has 1 N–H and O–H groups in total. The van der Waals surface area contributed by atoms with Gasteiger partial charge in [0.05, 0.1) is 24.9 Å². The van der Waals surface area contributed by atoms with Gasteiger partial charge in [0.2, 0.25) is 0 Å². The van der Waals surface area contributed by atoms with E-state index in [0.717, 1.165) is 18.5 Å². The SMILES string of the molecule is CCCC(C)Nc1cc(OC)c(OC)cc1Cl. The molecule has 96 valence electrons. The van der Waals surface area contributed by atoms with Crippen molar-refractivity contribution in [2.75, 3.05) is 19.5 Å². The first-order valence-corrected chi connectivity index (χ1v) is 6.18. The number of anilines is 1. The van der Waals surface area contributed by atoms with Gasteiger partial charge in [0.1, 0.15) is 0 Å². The lowest BCUT2D eigenvalue weighted by molar-refractivity contribution is 0.355. The lowest BCUT2D eigenvalue weighted by atomic mass is 10.2. The molecule has 17 heavy (non-hydrogen) atoms. The standard InChI is InChI=1S/C13H20ClNO2/c1-5-6-9(2)15-11-8-13(17-4)12(16-3)7-10(11)14/h7-9,15H,5-6H2,1-4H3. The summed E-state index contributed by atoms with van der Waals surface area (Å²) in [4.78, 5) is 0. The summed E-state index contributed by atoms with van der Waals surface area (Å²) in [7, 11) is 3.21. The van der Waals surface area contributed by atoms with Gasteiger partial charge in [0.15, 0.2) is 11.5 Å². The van der Waals surface area contributed by atoms with E-state index in [0.29, 0.717) is 22.6 Å². The number of ether oxygens (including phenoxy) is 2. The molecule has 1 rings (SSSR count). The number of rotatable bonds is 6. The molecule has 0 aromatic heterocycles. The lowest BCUT2D eigenvalue weighted by Gasteiger charge is -2.17. The topological polar surface area (TPSA) is 30.5 Å². The van der Waals surface area contributed by atoms with E-state index in [4.69, 9.17) is 21.1 Å². The van der Waals surface area contributed by atoms with Crippen LogP contribution >= 0.6 is 11.6 Å². The normalized spacial score (nSPS) is 12.1. The minimum absolute atomic E-state index is 0.385. The Morgan fingerprint density at radius 1 is 1.24 bits per heavy atom. The van der Waals surface area contributed by atoms with Crippen LogP contribution in [0, 0.1) is 0 Å². The van der Waals surface area contributed by atoms with Gasteiger partial charge in [-0.1, -0.05) is 24.9 Å². The van der Waals surface area contributed by atoms with Crippen molar-refractivity contribution in [3.05, 3.63) is 17.2 Å². The van der Waals surface area contributed by atoms with Crippen LogP contribution in [0.25, 0.3) is 0 Å². The average Bonchev–Trinajstić information content (AvgIpc) is 2.31. The second-order valence-corrected chi connectivity index (χ2v) is 4.43. The van der Waals surface area contributed by atoms with Crippen LogP contribution in [-0.4, -0.2) is 20.3 Å². The van der Waals surface area contributed by atoms with Gasteiger partial charge >= 0.3 is 0 Å². The van der Waals surface area contributed by atoms with Crippen molar-refractivity contribution in [1.29, 1.82) is 0 Å². The number of hydrogen-bond acceptors (Lipinski definition) is 3. The fraction of sp³-hybridized carbons (Fsp3) is 0.538. The third-order valence-corrected chi connectivity index (χ3v) is 2.91. The van der Waals surface area contributed by atoms with E-state index < -0.39 is 0 Å². The Labute approximate surface area is 108 Å². The first kappa shape index (κ1) is 14.0. The number of halogens is 1. The van der Waals surface area contributed by atoms with Crippen LogP contribution in [0.2, 0.25) is 5.02 Å². The molecule has 0 amide bonds. The molecular weight excluding hydrogens is 238 g/mol. The molecule has 1 atom stereocenters. The van der Waals surface area contributed by atoms with Crippen LogP contribution in [0.5, 0.6) is 11.5 Å². The fourth-order valence-electron chi connectivity index (χ4n) is 1.74. The molecule has 0 aliphatic rings. The van der Waals surface area contributed by atoms with Crippen LogP contribution in [0.15, 0.2) is 12.1 Å². The van der Waals surface area contributed by atoms with Gasteiger partial charge in [-0.25, -0.2) is 0 Å². The van der Waals surface area contributed by atoms with Crippen molar-refractivity contribution < 1.29 is 9.47 Å². The zero-order valence-electron chi connectivity index (χ0n) is 10.8. The third kappa shape index (κ3) is 3.70. The molecule has 4 heteroatoms. The summed E-state index contributed by atoms with van der Waals surface area (Å²) < 4.78 is 10.4. The predicted molar refractivity (Wildman–Crippen MR) is 72.5 cm³/mol. The summed E-state index contributed by atoms with van der Waals surface area (Å²) >= 11 is 6.18. The van der Waals surface area contributed by atoms with E-state index in [1.165, 1.54) is 0 Å². The Kier molecular flexibility index (Phi) is 5.42. The van der Waals surface area contributed by atoms with Crippen LogP contribution in [-0.2, 0) is 0 Å². The van der Waals surface area contributed by atoms with Gasteiger partial charge in [0, 0.05) is 18.2 Å². The Hall–Kier alpha value is -1.09. The maximum Gasteiger partial charge on any atom is 0.162 e. The molecule has 0 bridgehead atoms. The highest BCUT2D eigenvalue weighted by Crippen LogP contribution is 2.36. The van der Waals surface area contributed by atoms with Crippen molar-refractivity contribution in [2.45, 2.75) is 32.7 Å². The summed E-state index contributed by atoms with van der Waals surface area (Å²) in [5, 5.41) is 4.01. The Morgan fingerprint density at radius 3 is 2.35 bits per heavy atom. The zero-order valence-corrected chi connectivity index (χ0v) is 11.6. The molecule has 1 unspecified atom stereocenters. The predicted octanol–water partition coefficient (Wildman–Crippen LogP) is 3.96. The molecule has 0 saturated heterocycles. The summed E-state index contributed by atoms with van der Waals surface area (Å²) in [6.45, 7) is 4.30. The van der Waals surface area contributed by atoms with Gasteiger partial charge in [-0.05, 0) is 13.3 Å². The first-order valence-electron chi connectivity index (χ1n) is 5.80. The Balaban J connectivity index is 2.92. The van der Waals surface area contributed by atoms with Crippen molar-refractivity contribution in [1.82, 2.24) is 0 Å². The summed E-state index contributed by atoms with van der Waals surface area (Å²) in [5.41, 5.74) is 0.880. The summed E-state index contributed by atoms with van der Waals surface area (Å²) in [5.74, 6) is 1.33. The molecule has 1 aromatic rings. The summed E-state index contributed by atoms with van der Waals surface area (Å²) in [6, 6.07) is 4.02. The molecule has 0 heterocycles. The van der Waals surface area contributed by atoms with Gasteiger partial charge in [0.25, 0.3) is 0 Å². The van der Waals surface area contributed by atoms with Crippen LogP contribution < -0.4 is 14.8 Å². The zero-order chi connectivity index (χ0) is 12.8. The van der Waals surface area contributed by atoms with E-state index in [9.17, 15) is 0 Å². The minimum atomic E-state index is 0.385. The third-order valence-electron chi connectivity index (χ3n) is 2.60. The van der Waals surface area contributed by atoms with Crippen LogP contribution in [0.1, 0.15) is 26.7 Å². The molecule has 0 spiro atoms. The first-order chi connectivity index (χ1) is 8.12. The molecule has 1 aromatic carbocycles. The van der Waals surface area contributed by atoms with Crippen LogP contribution in [0.3, 0.4) is 0 Å². The fourth-order valence-corrected chi connectivity index (χ4v) is 1.94. The maximum atomic E-state index is 6.18. The molecule has 0 aliphatic carbocycles. The second kappa shape index (κ2) is 6.60. The highest BCUT2D eigenvalue weighted by atomic mass is 35.5. The second-order valence-electron chi connectivity index (χ2n) is 4.02. The van der Waals surface area contributed by atoms with E-state index in [1.54, 1.807) is 20.3 Å². The van der Waals surface area contributed by atoms with Gasteiger partial charge < -0.3 is 14.8 Å². The van der Waals surface area contributed by atoms with E-state index in [2.05, 4.69) is 19.2 Å². The largest absolute Gasteiger partial charge is 0.493 e. The van der Waals surface area contributed by atoms with Gasteiger partial charge in [-0.3, -0.25) is 0 Å². The van der Waals surface area contributed by atoms with E-state index >= 15 is 0 Å². The maximum absolute atomic E-state index is 6.18. The van der Waals surface area contributed by atoms with Gasteiger partial charge in [-0.15, -0.1) is 0 Å². The van der Waals surface area contributed by atoms with Crippen molar-refractivity contribution in [3.8, 4) is 11.5 Å². The lowest BCUT2D eigenvalue weighted by Crippen LogP contribution is -2.14. The number of nitrogens with one attached hydrogen (secondary N) is 1. The molecule has 0 radical (unpaired) electrons. The number of methoxy groups -OCH3 is 2. The van der Waals surface area contributed by atoms with E-state index in [1.807, 2.05) is 6.07 Å². The molecule has 0 aliphatic heterocycles. The van der Waals surface area contributed by atoms with Crippen molar-refractivity contribution >= 4 is 17.3 Å². The molecule has 0 fully saturated rings.